The molecule has 1 aromatic heterocycles. The zero-order valence-corrected chi connectivity index (χ0v) is 26.1. The first-order valence-electron chi connectivity index (χ1n) is 14.3. The fourth-order valence-corrected chi connectivity index (χ4v) is 7.28. The van der Waals surface area contributed by atoms with Crippen LogP contribution >= 0.6 is 11.3 Å². The number of aliphatic hydroxyl groups excluding tert-OH is 1. The van der Waals surface area contributed by atoms with E-state index >= 15 is 0 Å². The molecule has 2 heterocycles. The van der Waals surface area contributed by atoms with Gasteiger partial charge in [0.1, 0.15) is 16.1 Å². The molecular formula is C33H37N3O5S2. The number of hydrogen-bond donors (Lipinski definition) is 2. The van der Waals surface area contributed by atoms with E-state index < -0.39 is 16.1 Å². The Balaban J connectivity index is 1.36. The number of ether oxygens (including phenoxy) is 1. The Morgan fingerprint density at radius 1 is 1.05 bits per heavy atom. The minimum absolute atomic E-state index is 0.0361. The van der Waals surface area contributed by atoms with E-state index in [1.807, 2.05) is 32.2 Å². The summed E-state index contributed by atoms with van der Waals surface area (Å²) in [6.45, 7) is 5.36. The van der Waals surface area contributed by atoms with E-state index in [0.717, 1.165) is 11.3 Å². The maximum absolute atomic E-state index is 13.7. The van der Waals surface area contributed by atoms with Crippen LogP contribution in [0.15, 0.2) is 94.5 Å². The van der Waals surface area contributed by atoms with Gasteiger partial charge in [0, 0.05) is 31.2 Å². The Kier molecular flexibility index (Phi) is 9.51. The molecule has 0 radical (unpaired) electrons. The number of carbonyl (C=O) groups excluding carboxylic acids is 1. The fourth-order valence-electron chi connectivity index (χ4n) is 5.24. The molecule has 1 amide bonds. The number of amides is 1. The average molecular weight is 620 g/mol. The number of hydrogen-bond acceptors (Lipinski definition) is 7. The van der Waals surface area contributed by atoms with E-state index in [1.165, 1.54) is 28.8 Å². The maximum Gasteiger partial charge on any atom is 0.271 e. The second-order valence-corrected chi connectivity index (χ2v) is 14.0. The number of fused-ring (bicyclic) bond motifs is 1. The minimum Gasteiger partial charge on any atom is -0.488 e. The molecule has 5 rings (SSSR count). The number of nitrogens with one attached hydrogen (secondary N) is 1. The molecule has 1 aliphatic rings. The van der Waals surface area contributed by atoms with Gasteiger partial charge in [0.25, 0.3) is 15.9 Å². The van der Waals surface area contributed by atoms with Crippen LogP contribution in [0.5, 0.6) is 5.75 Å². The predicted octanol–water partition coefficient (Wildman–Crippen LogP) is 5.57. The molecule has 0 unspecified atom stereocenters. The van der Waals surface area contributed by atoms with Crippen LogP contribution in [0.2, 0.25) is 0 Å². The number of rotatable bonds is 10. The molecule has 1 aliphatic heterocycles. The van der Waals surface area contributed by atoms with Crippen molar-refractivity contribution in [2.75, 3.05) is 31.5 Å². The highest BCUT2D eigenvalue weighted by Crippen LogP contribution is 2.32. The summed E-state index contributed by atoms with van der Waals surface area (Å²) >= 11 is 1.12. The number of sulfonamides is 1. The number of aliphatic hydroxyl groups is 1. The van der Waals surface area contributed by atoms with Crippen molar-refractivity contribution < 1.29 is 23.1 Å². The molecule has 0 bridgehead atoms. The summed E-state index contributed by atoms with van der Waals surface area (Å²) in [6, 6.07) is 26.4. The monoisotopic (exact) mass is 619 g/mol. The summed E-state index contributed by atoms with van der Waals surface area (Å²) in [4.78, 5) is 17.6. The lowest BCUT2D eigenvalue weighted by molar-refractivity contribution is 0.0341. The second-order valence-electron chi connectivity index (χ2n) is 11.1. The molecule has 0 saturated carbocycles. The summed E-state index contributed by atoms with van der Waals surface area (Å²) in [7, 11) is -1.75. The Morgan fingerprint density at radius 2 is 1.77 bits per heavy atom. The summed E-state index contributed by atoms with van der Waals surface area (Å²) in [5, 5.41) is 11.7. The molecule has 2 N–H and O–H groups in total. The first kappa shape index (κ1) is 30.7. The number of anilines is 1. The summed E-state index contributed by atoms with van der Waals surface area (Å²) in [5.74, 6) is 0.0354. The Hall–Kier alpha value is -3.70. The third-order valence-electron chi connectivity index (χ3n) is 7.68. The smallest absolute Gasteiger partial charge is 0.271 e. The molecule has 0 saturated heterocycles. The van der Waals surface area contributed by atoms with Gasteiger partial charge in [-0.3, -0.25) is 14.4 Å². The molecule has 3 atom stereocenters. The van der Waals surface area contributed by atoms with Crippen LogP contribution in [0.25, 0.3) is 11.1 Å². The van der Waals surface area contributed by atoms with Crippen molar-refractivity contribution in [3.8, 4) is 16.9 Å². The number of nitrogens with zero attached hydrogens (tertiary/aromatic N) is 2. The highest BCUT2D eigenvalue weighted by Gasteiger charge is 2.33. The van der Waals surface area contributed by atoms with E-state index in [9.17, 15) is 18.3 Å². The van der Waals surface area contributed by atoms with E-state index in [2.05, 4.69) is 46.0 Å². The molecule has 226 valence electrons. The molecular weight excluding hydrogens is 583 g/mol. The number of thiophene rings is 1. The molecule has 0 fully saturated rings. The van der Waals surface area contributed by atoms with Gasteiger partial charge in [-0.1, -0.05) is 67.6 Å². The van der Waals surface area contributed by atoms with E-state index in [0.29, 0.717) is 25.4 Å². The molecule has 43 heavy (non-hydrogen) atoms. The van der Waals surface area contributed by atoms with Crippen molar-refractivity contribution in [1.82, 2.24) is 9.80 Å². The zero-order chi connectivity index (χ0) is 30.6. The highest BCUT2D eigenvalue weighted by molar-refractivity contribution is 7.94. The normalized spacial score (nSPS) is 18.0. The van der Waals surface area contributed by atoms with Gasteiger partial charge in [-0.2, -0.15) is 0 Å². The summed E-state index contributed by atoms with van der Waals surface area (Å²) < 4.78 is 35.0. The first-order valence-corrected chi connectivity index (χ1v) is 16.6. The Morgan fingerprint density at radius 3 is 2.44 bits per heavy atom. The van der Waals surface area contributed by atoms with Gasteiger partial charge in [-0.25, -0.2) is 8.42 Å². The van der Waals surface area contributed by atoms with Crippen LogP contribution in [0.3, 0.4) is 0 Å². The first-order chi connectivity index (χ1) is 20.6. The lowest BCUT2D eigenvalue weighted by Crippen LogP contribution is -2.49. The topological polar surface area (TPSA) is 99.2 Å². The fraction of sp³-hybridized carbons (Fsp3) is 0.303. The zero-order valence-electron chi connectivity index (χ0n) is 24.5. The Bertz CT molecular complexity index is 1630. The van der Waals surface area contributed by atoms with Crippen LogP contribution in [0, 0.1) is 5.92 Å². The average Bonchev–Trinajstić information content (AvgIpc) is 3.56. The molecule has 4 aromatic rings. The molecule has 0 spiro atoms. The van der Waals surface area contributed by atoms with Crippen LogP contribution in [0.4, 0.5) is 5.69 Å². The number of benzene rings is 3. The van der Waals surface area contributed by atoms with Crippen molar-refractivity contribution in [3.05, 3.63) is 101 Å². The van der Waals surface area contributed by atoms with Crippen molar-refractivity contribution in [2.24, 2.45) is 5.92 Å². The number of carbonyl (C=O) groups is 1. The van der Waals surface area contributed by atoms with E-state index in [-0.39, 0.29) is 40.0 Å². The molecule has 8 nitrogen and oxygen atoms in total. The standard InChI is InChI=1S/C33H37N3O5S2/c1-23-19-36(24(2)22-37)33(38)29-18-28(34-43(39,40)32-10-7-17-42-32)15-16-30(29)41-31(23)21-35(3)20-25-11-13-27(14-12-25)26-8-5-4-6-9-26/h4-18,23-24,31,34,37H,19-22H2,1-3H3/t23-,24-,31+/m1/s1. The van der Waals surface area contributed by atoms with Crippen LogP contribution in [-0.2, 0) is 16.6 Å². The van der Waals surface area contributed by atoms with Gasteiger partial charge in [-0.15, -0.1) is 11.3 Å². The lowest BCUT2D eigenvalue weighted by Gasteiger charge is -2.38. The Labute approximate surface area is 257 Å². The largest absolute Gasteiger partial charge is 0.488 e. The third kappa shape index (κ3) is 7.27. The SMILES string of the molecule is C[C@@H]1CN([C@H](C)CO)C(=O)c2cc(NS(=O)(=O)c3cccs3)ccc2O[C@H]1CN(C)Cc1ccc(-c2ccccc2)cc1. The van der Waals surface area contributed by atoms with Crippen molar-refractivity contribution in [2.45, 2.75) is 36.7 Å². The summed E-state index contributed by atoms with van der Waals surface area (Å²) in [6.07, 6.45) is -0.262. The quantitative estimate of drug-likeness (QED) is 0.241. The predicted molar refractivity (Wildman–Crippen MR) is 171 cm³/mol. The van der Waals surface area contributed by atoms with E-state index in [4.69, 9.17) is 4.74 Å². The third-order valence-corrected chi connectivity index (χ3v) is 10.5. The molecule has 10 heteroatoms. The molecule has 3 aromatic carbocycles. The van der Waals surface area contributed by atoms with Gasteiger partial charge in [0.05, 0.1) is 18.2 Å². The van der Waals surface area contributed by atoms with Crippen LogP contribution in [0.1, 0.15) is 29.8 Å². The molecule has 0 aliphatic carbocycles. The highest BCUT2D eigenvalue weighted by atomic mass is 32.2. The minimum atomic E-state index is -3.79. The van der Waals surface area contributed by atoms with Crippen LogP contribution in [-0.4, -0.2) is 68.1 Å². The van der Waals surface area contributed by atoms with Crippen molar-refractivity contribution in [1.29, 1.82) is 0 Å². The van der Waals surface area contributed by atoms with Gasteiger partial charge in [-0.05, 0) is 60.3 Å². The lowest BCUT2D eigenvalue weighted by atomic mass is 9.99. The second kappa shape index (κ2) is 13.3. The van der Waals surface area contributed by atoms with Crippen molar-refractivity contribution >= 4 is 33.0 Å². The van der Waals surface area contributed by atoms with Crippen molar-refractivity contribution in [3.63, 3.8) is 0 Å². The van der Waals surface area contributed by atoms with Gasteiger partial charge in [0.2, 0.25) is 0 Å². The van der Waals surface area contributed by atoms with Crippen LogP contribution < -0.4 is 9.46 Å². The number of likely N-dealkylation sites (N-methyl/N-ethyl adjacent to an activating group) is 1. The van der Waals surface area contributed by atoms with Gasteiger partial charge < -0.3 is 14.7 Å². The van der Waals surface area contributed by atoms with Gasteiger partial charge in [0.15, 0.2) is 0 Å². The van der Waals surface area contributed by atoms with E-state index in [1.54, 1.807) is 35.4 Å². The summed E-state index contributed by atoms with van der Waals surface area (Å²) in [5.41, 5.74) is 4.04. The maximum atomic E-state index is 13.7. The van der Waals surface area contributed by atoms with Gasteiger partial charge >= 0.3 is 0 Å².